The first kappa shape index (κ1) is 25.7. The minimum absolute atomic E-state index is 0.278. The molecule has 0 saturated carbocycles. The summed E-state index contributed by atoms with van der Waals surface area (Å²) in [6.07, 6.45) is -11.4. The highest BCUT2D eigenvalue weighted by Crippen LogP contribution is 2.56. The van der Waals surface area contributed by atoms with Crippen LogP contribution in [-0.2, 0) is 5.41 Å². The monoisotopic (exact) mass is 516 g/mol. The summed E-state index contributed by atoms with van der Waals surface area (Å²) in [5.74, 6) is 0. The molecule has 4 aromatic carbocycles. The number of hydrogen-bond acceptors (Lipinski definition) is 4. The number of alkyl halides is 6. The third-order valence-corrected chi connectivity index (χ3v) is 5.97. The molecule has 0 fully saturated rings. The van der Waals surface area contributed by atoms with Crippen molar-refractivity contribution >= 4 is 34.1 Å². The zero-order valence-corrected chi connectivity index (χ0v) is 19.2. The van der Waals surface area contributed by atoms with Crippen LogP contribution in [0.4, 0.5) is 60.5 Å². The van der Waals surface area contributed by atoms with Crippen LogP contribution in [0.3, 0.4) is 0 Å². The summed E-state index contributed by atoms with van der Waals surface area (Å²) < 4.78 is 86.8. The van der Waals surface area contributed by atoms with Crippen molar-refractivity contribution in [1.82, 2.24) is 0 Å². The third-order valence-electron chi connectivity index (χ3n) is 5.97. The Bertz CT molecular complexity index is 1260. The van der Waals surface area contributed by atoms with E-state index in [1.807, 2.05) is 0 Å². The lowest BCUT2D eigenvalue weighted by Crippen LogP contribution is -2.54. The minimum atomic E-state index is -5.69. The van der Waals surface area contributed by atoms with Gasteiger partial charge >= 0.3 is 12.4 Å². The van der Waals surface area contributed by atoms with E-state index in [9.17, 15) is 26.3 Å². The Morgan fingerprint density at radius 2 is 0.784 bits per heavy atom. The number of benzene rings is 4. The fraction of sp³-hybridized carbons (Fsp3) is 0.111. The molecule has 0 aliphatic heterocycles. The Kier molecular flexibility index (Phi) is 6.68. The number of halogens is 6. The summed E-state index contributed by atoms with van der Waals surface area (Å²) in [7, 11) is 0. The van der Waals surface area contributed by atoms with E-state index in [0.29, 0.717) is 22.7 Å². The Morgan fingerprint density at radius 3 is 1.08 bits per heavy atom. The van der Waals surface area contributed by atoms with Gasteiger partial charge in [-0.25, -0.2) is 0 Å². The molecule has 4 aromatic rings. The molecule has 0 heterocycles. The van der Waals surface area contributed by atoms with Gasteiger partial charge in [-0.05, 0) is 59.7 Å². The average molecular weight is 516 g/mol. The van der Waals surface area contributed by atoms with Gasteiger partial charge in [0, 0.05) is 11.4 Å². The summed E-state index contributed by atoms with van der Waals surface area (Å²) in [5.41, 5.74) is 7.76. The highest BCUT2D eigenvalue weighted by Gasteiger charge is 2.72. The van der Waals surface area contributed by atoms with Gasteiger partial charge in [0.15, 0.2) is 0 Å². The van der Waals surface area contributed by atoms with Crippen molar-refractivity contribution in [1.29, 1.82) is 0 Å². The maximum Gasteiger partial charge on any atom is 0.411 e. The van der Waals surface area contributed by atoms with Crippen LogP contribution in [0.5, 0.6) is 0 Å². The van der Waals surface area contributed by atoms with Crippen LogP contribution < -0.4 is 22.1 Å². The fourth-order valence-corrected chi connectivity index (χ4v) is 4.12. The second-order valence-electron chi connectivity index (χ2n) is 8.32. The van der Waals surface area contributed by atoms with Gasteiger partial charge < -0.3 is 22.1 Å². The molecule has 4 rings (SSSR count). The maximum absolute atomic E-state index is 14.5. The first-order chi connectivity index (χ1) is 17.4. The van der Waals surface area contributed by atoms with Crippen molar-refractivity contribution in [2.75, 3.05) is 22.1 Å². The van der Waals surface area contributed by atoms with Gasteiger partial charge in [-0.15, -0.1) is 0 Å². The molecule has 0 radical (unpaired) electrons. The molecule has 0 aromatic heterocycles. The van der Waals surface area contributed by atoms with Crippen molar-refractivity contribution < 1.29 is 26.3 Å². The zero-order valence-electron chi connectivity index (χ0n) is 19.2. The van der Waals surface area contributed by atoms with E-state index in [1.54, 1.807) is 48.5 Å². The predicted molar refractivity (Wildman–Crippen MR) is 134 cm³/mol. The van der Waals surface area contributed by atoms with Crippen molar-refractivity contribution in [2.24, 2.45) is 0 Å². The Labute approximate surface area is 208 Å². The lowest BCUT2D eigenvalue weighted by molar-refractivity contribution is -0.288. The van der Waals surface area contributed by atoms with Crippen LogP contribution in [0, 0.1) is 0 Å². The molecular weight excluding hydrogens is 494 g/mol. The molecule has 192 valence electrons. The second-order valence-corrected chi connectivity index (χ2v) is 8.32. The number of nitrogens with two attached hydrogens (primary N) is 2. The Balaban J connectivity index is 1.75. The molecule has 6 N–H and O–H groups in total. The molecule has 10 heteroatoms. The molecule has 0 spiro atoms. The molecular formula is C27H22F6N4. The van der Waals surface area contributed by atoms with Crippen molar-refractivity contribution in [3.8, 4) is 0 Å². The van der Waals surface area contributed by atoms with E-state index >= 15 is 0 Å². The van der Waals surface area contributed by atoms with Crippen LogP contribution in [0.25, 0.3) is 0 Å². The number of para-hydroxylation sites is 4. The normalized spacial score (nSPS) is 12.3. The fourth-order valence-electron chi connectivity index (χ4n) is 4.12. The van der Waals surface area contributed by atoms with Gasteiger partial charge in [0.1, 0.15) is 0 Å². The smallest absolute Gasteiger partial charge is 0.397 e. The second kappa shape index (κ2) is 9.61. The summed E-state index contributed by atoms with van der Waals surface area (Å²) >= 11 is 0. The van der Waals surface area contributed by atoms with Crippen molar-refractivity contribution in [3.63, 3.8) is 0 Å². The van der Waals surface area contributed by atoms with Gasteiger partial charge in [-0.3, -0.25) is 0 Å². The number of anilines is 6. The van der Waals surface area contributed by atoms with Crippen molar-refractivity contribution in [2.45, 2.75) is 17.8 Å². The van der Waals surface area contributed by atoms with Crippen LogP contribution in [0.15, 0.2) is 97.1 Å². The molecule has 0 saturated heterocycles. The van der Waals surface area contributed by atoms with E-state index in [-0.39, 0.29) is 11.4 Å². The van der Waals surface area contributed by atoms with Gasteiger partial charge in [0.2, 0.25) is 5.41 Å². The van der Waals surface area contributed by atoms with Gasteiger partial charge in [-0.2, -0.15) is 26.3 Å². The molecule has 0 amide bonds. The topological polar surface area (TPSA) is 76.1 Å². The van der Waals surface area contributed by atoms with E-state index in [2.05, 4.69) is 10.6 Å². The summed E-state index contributed by atoms with van der Waals surface area (Å²) in [5, 5.41) is 5.79. The molecule has 0 atom stereocenters. The van der Waals surface area contributed by atoms with Gasteiger partial charge in [0.25, 0.3) is 0 Å². The molecule has 37 heavy (non-hydrogen) atoms. The number of hydrogen-bond donors (Lipinski definition) is 4. The summed E-state index contributed by atoms with van der Waals surface area (Å²) in [6.45, 7) is 0. The van der Waals surface area contributed by atoms with E-state index in [0.717, 1.165) is 48.5 Å². The summed E-state index contributed by atoms with van der Waals surface area (Å²) in [4.78, 5) is 0. The van der Waals surface area contributed by atoms with E-state index < -0.39 is 28.9 Å². The SMILES string of the molecule is Nc1ccccc1Nc1ccc(C(c2ccc(Nc3ccccc3N)cc2)(C(F)(F)F)C(F)(F)F)cc1. The molecule has 4 nitrogen and oxygen atoms in total. The lowest BCUT2D eigenvalue weighted by atomic mass is 9.73. The van der Waals surface area contributed by atoms with E-state index in [4.69, 9.17) is 11.5 Å². The third kappa shape index (κ3) is 4.87. The molecule has 0 bridgehead atoms. The first-order valence-corrected chi connectivity index (χ1v) is 11.0. The zero-order chi connectivity index (χ0) is 26.8. The molecule has 0 unspecified atom stereocenters. The van der Waals surface area contributed by atoms with Gasteiger partial charge in [0.05, 0.1) is 22.7 Å². The van der Waals surface area contributed by atoms with Crippen LogP contribution in [0.1, 0.15) is 11.1 Å². The molecule has 0 aliphatic rings. The standard InChI is InChI=1S/C27H22F6N4/c28-26(29,30)25(27(31,32)33,17-9-13-19(14-10-17)36-23-7-3-1-5-21(23)34)18-11-15-20(16-12-18)37-24-8-4-2-6-22(24)35/h1-16,36-37H,34-35H2. The van der Waals surface area contributed by atoms with Gasteiger partial charge in [-0.1, -0.05) is 48.5 Å². The Hall–Kier alpha value is -4.34. The van der Waals surface area contributed by atoms with Crippen LogP contribution >= 0.6 is 0 Å². The first-order valence-electron chi connectivity index (χ1n) is 11.0. The average Bonchev–Trinajstić information content (AvgIpc) is 2.83. The van der Waals surface area contributed by atoms with Crippen LogP contribution in [0.2, 0.25) is 0 Å². The largest absolute Gasteiger partial charge is 0.411 e. The maximum atomic E-state index is 14.5. The Morgan fingerprint density at radius 1 is 0.459 bits per heavy atom. The highest BCUT2D eigenvalue weighted by atomic mass is 19.4. The lowest BCUT2D eigenvalue weighted by Gasteiger charge is -2.38. The van der Waals surface area contributed by atoms with Crippen molar-refractivity contribution in [3.05, 3.63) is 108 Å². The molecule has 0 aliphatic carbocycles. The van der Waals surface area contributed by atoms with E-state index in [1.165, 1.54) is 0 Å². The quantitative estimate of drug-likeness (QED) is 0.156. The number of nitrogen functional groups attached to an aromatic ring is 2. The minimum Gasteiger partial charge on any atom is -0.397 e. The number of nitrogens with one attached hydrogen (secondary N) is 2. The predicted octanol–water partition coefficient (Wildman–Crippen LogP) is 7.75. The van der Waals surface area contributed by atoms with Crippen LogP contribution in [-0.4, -0.2) is 12.4 Å². The highest BCUT2D eigenvalue weighted by molar-refractivity contribution is 5.73. The summed E-state index contributed by atoms with van der Waals surface area (Å²) in [6, 6.07) is 21.2. The number of rotatable bonds is 6.